The molecule has 2 aliphatic rings. The van der Waals surface area contributed by atoms with Crippen molar-refractivity contribution in [3.63, 3.8) is 0 Å². The number of rotatable bonds is 6. The molecule has 1 N–H and O–H groups in total. The van der Waals surface area contributed by atoms with Gasteiger partial charge >= 0.3 is 0 Å². The van der Waals surface area contributed by atoms with Crippen molar-refractivity contribution in [3.05, 3.63) is 48.0 Å². The molecule has 0 saturated carbocycles. The normalized spacial score (nSPS) is 20.9. The first kappa shape index (κ1) is 21.8. The third-order valence-corrected chi connectivity index (χ3v) is 7.94. The number of amides is 1. The first-order valence-corrected chi connectivity index (χ1v) is 12.1. The molecule has 1 amide bonds. The van der Waals surface area contributed by atoms with Crippen molar-refractivity contribution in [2.24, 2.45) is 0 Å². The zero-order chi connectivity index (χ0) is 22.1. The minimum absolute atomic E-state index is 0.0753. The number of benzene rings is 1. The number of hydrogen-bond acceptors (Lipinski definition) is 6. The predicted octanol–water partition coefficient (Wildman–Crippen LogP) is 1.25. The number of imidazole rings is 1. The molecule has 0 aliphatic carbocycles. The minimum Gasteiger partial charge on any atom is -0.497 e. The summed E-state index contributed by atoms with van der Waals surface area (Å²) in [6.45, 7) is 3.11. The number of aromatic nitrogens is 2. The molecule has 168 valence electrons. The Hall–Kier alpha value is -2.43. The van der Waals surface area contributed by atoms with Crippen LogP contribution in [0.25, 0.3) is 0 Å². The lowest BCUT2D eigenvalue weighted by Gasteiger charge is -2.45. The first-order valence-electron chi connectivity index (χ1n) is 10.4. The Kier molecular flexibility index (Phi) is 6.05. The molecule has 0 bridgehead atoms. The van der Waals surface area contributed by atoms with Crippen molar-refractivity contribution >= 4 is 15.9 Å². The number of nitrogens with zero attached hydrogens (tertiary/aromatic N) is 3. The SMILES string of the molecule is CCS(=O)(=O)N1CCC2(CC1)O[C@@H](C(=O)NCc1ccc(OC)cc1)Cn1ccnc12. The average Bonchev–Trinajstić information content (AvgIpc) is 3.28. The van der Waals surface area contributed by atoms with E-state index in [1.807, 2.05) is 35.0 Å². The second-order valence-corrected chi connectivity index (χ2v) is 10.1. The first-order chi connectivity index (χ1) is 14.9. The van der Waals surface area contributed by atoms with E-state index in [9.17, 15) is 13.2 Å². The van der Waals surface area contributed by atoms with Gasteiger partial charge in [0.1, 0.15) is 17.2 Å². The Bertz CT molecular complexity index is 1030. The van der Waals surface area contributed by atoms with Crippen LogP contribution in [-0.2, 0) is 38.2 Å². The van der Waals surface area contributed by atoms with Gasteiger partial charge in [0.15, 0.2) is 6.10 Å². The molecule has 1 atom stereocenters. The molecule has 2 aromatic rings. The fourth-order valence-electron chi connectivity index (χ4n) is 4.23. The van der Waals surface area contributed by atoms with E-state index in [2.05, 4.69) is 10.3 Å². The van der Waals surface area contributed by atoms with Crippen molar-refractivity contribution in [2.75, 3.05) is 26.0 Å². The highest BCUT2D eigenvalue weighted by Gasteiger charge is 2.48. The molecule has 2 aliphatic heterocycles. The van der Waals surface area contributed by atoms with E-state index in [-0.39, 0.29) is 11.7 Å². The van der Waals surface area contributed by atoms with Crippen LogP contribution in [-0.4, -0.2) is 60.2 Å². The summed E-state index contributed by atoms with van der Waals surface area (Å²) in [5.74, 6) is 1.40. The summed E-state index contributed by atoms with van der Waals surface area (Å²) in [5.41, 5.74) is 0.199. The second-order valence-electron chi connectivity index (χ2n) is 7.87. The van der Waals surface area contributed by atoms with Crippen molar-refractivity contribution < 1.29 is 22.7 Å². The number of methoxy groups -OCH3 is 1. The number of ether oxygens (including phenoxy) is 2. The van der Waals surface area contributed by atoms with Crippen molar-refractivity contribution in [3.8, 4) is 5.75 Å². The predicted molar refractivity (Wildman–Crippen MR) is 114 cm³/mol. The van der Waals surface area contributed by atoms with Crippen molar-refractivity contribution in [2.45, 2.75) is 44.6 Å². The third kappa shape index (κ3) is 4.32. The Labute approximate surface area is 182 Å². The number of nitrogens with one attached hydrogen (secondary N) is 1. The molecule has 31 heavy (non-hydrogen) atoms. The van der Waals surface area contributed by atoms with Gasteiger partial charge in [-0.3, -0.25) is 4.79 Å². The maximum Gasteiger partial charge on any atom is 0.251 e. The Morgan fingerprint density at radius 3 is 2.65 bits per heavy atom. The average molecular weight is 449 g/mol. The van der Waals surface area contributed by atoms with Crippen LogP contribution in [0.4, 0.5) is 0 Å². The topological polar surface area (TPSA) is 103 Å². The van der Waals surface area contributed by atoms with E-state index < -0.39 is 21.7 Å². The fraction of sp³-hybridized carbons (Fsp3) is 0.524. The number of carbonyl (C=O) groups excluding carboxylic acids is 1. The van der Waals surface area contributed by atoms with Gasteiger partial charge in [-0.05, 0) is 37.5 Å². The monoisotopic (exact) mass is 448 g/mol. The molecule has 10 heteroatoms. The second kappa shape index (κ2) is 8.60. The van der Waals surface area contributed by atoms with Crippen molar-refractivity contribution in [1.29, 1.82) is 0 Å². The summed E-state index contributed by atoms with van der Waals surface area (Å²) in [5, 5.41) is 2.95. The standard InChI is InChI=1S/C21H28N4O5S/c1-3-31(27,28)25-11-8-21(9-12-25)20-22-10-13-24(20)15-18(30-21)19(26)23-14-16-4-6-17(29-2)7-5-16/h4-7,10,13,18H,3,8-9,11-12,14-15H2,1-2H3,(H,23,26)/t18-/m1/s1. The van der Waals surface area contributed by atoms with Crippen LogP contribution in [0, 0.1) is 0 Å². The van der Waals surface area contributed by atoms with E-state index in [1.54, 1.807) is 20.2 Å². The quantitative estimate of drug-likeness (QED) is 0.714. The summed E-state index contributed by atoms with van der Waals surface area (Å²) in [7, 11) is -1.64. The molecule has 0 radical (unpaired) electrons. The van der Waals surface area contributed by atoms with Crippen LogP contribution >= 0.6 is 0 Å². The number of fused-ring (bicyclic) bond motifs is 2. The zero-order valence-corrected chi connectivity index (χ0v) is 18.6. The lowest BCUT2D eigenvalue weighted by atomic mass is 9.89. The summed E-state index contributed by atoms with van der Waals surface area (Å²) in [6, 6.07) is 7.51. The molecule has 1 aromatic heterocycles. The molecule has 1 saturated heterocycles. The Morgan fingerprint density at radius 2 is 2.00 bits per heavy atom. The molecule has 3 heterocycles. The molecule has 9 nitrogen and oxygen atoms in total. The molecular weight excluding hydrogens is 420 g/mol. The van der Waals surface area contributed by atoms with Gasteiger partial charge in [-0.2, -0.15) is 0 Å². The van der Waals surface area contributed by atoms with Gasteiger partial charge in [0.2, 0.25) is 10.0 Å². The highest BCUT2D eigenvalue weighted by molar-refractivity contribution is 7.89. The summed E-state index contributed by atoms with van der Waals surface area (Å²) in [6.07, 6.45) is 3.80. The summed E-state index contributed by atoms with van der Waals surface area (Å²) >= 11 is 0. The van der Waals surface area contributed by atoms with E-state index in [1.165, 1.54) is 4.31 Å². The number of hydrogen-bond donors (Lipinski definition) is 1. The van der Waals surface area contributed by atoms with Crippen LogP contribution in [0.15, 0.2) is 36.7 Å². The van der Waals surface area contributed by atoms with Gasteiger partial charge in [-0.25, -0.2) is 17.7 Å². The van der Waals surface area contributed by atoms with E-state index in [4.69, 9.17) is 9.47 Å². The smallest absolute Gasteiger partial charge is 0.251 e. The molecule has 0 unspecified atom stereocenters. The highest BCUT2D eigenvalue weighted by atomic mass is 32.2. The van der Waals surface area contributed by atoms with Gasteiger partial charge in [0.25, 0.3) is 5.91 Å². The van der Waals surface area contributed by atoms with E-state index >= 15 is 0 Å². The summed E-state index contributed by atoms with van der Waals surface area (Å²) < 4.78 is 39.4. The minimum atomic E-state index is -3.25. The maximum atomic E-state index is 12.9. The van der Waals surface area contributed by atoms with E-state index in [0.717, 1.165) is 17.1 Å². The lowest BCUT2D eigenvalue weighted by Crippen LogP contribution is -2.54. The van der Waals surface area contributed by atoms with Gasteiger partial charge in [0, 0.05) is 32.0 Å². The number of sulfonamides is 1. The summed E-state index contributed by atoms with van der Waals surface area (Å²) in [4.78, 5) is 17.4. The van der Waals surface area contributed by atoms with Crippen LogP contribution in [0.1, 0.15) is 31.2 Å². The van der Waals surface area contributed by atoms with Gasteiger partial charge in [-0.15, -0.1) is 0 Å². The van der Waals surface area contributed by atoms with Crippen LogP contribution < -0.4 is 10.1 Å². The van der Waals surface area contributed by atoms with Gasteiger partial charge in [0.05, 0.1) is 19.4 Å². The maximum absolute atomic E-state index is 12.9. The van der Waals surface area contributed by atoms with Gasteiger partial charge in [-0.1, -0.05) is 12.1 Å². The van der Waals surface area contributed by atoms with Gasteiger partial charge < -0.3 is 19.4 Å². The van der Waals surface area contributed by atoms with Crippen LogP contribution in [0.5, 0.6) is 5.75 Å². The Morgan fingerprint density at radius 1 is 1.29 bits per heavy atom. The molecule has 1 spiro atoms. The number of piperidine rings is 1. The fourth-order valence-corrected chi connectivity index (χ4v) is 5.33. The van der Waals surface area contributed by atoms with Crippen molar-refractivity contribution in [1.82, 2.24) is 19.2 Å². The lowest BCUT2D eigenvalue weighted by molar-refractivity contribution is -0.171. The molecule has 1 fully saturated rings. The number of carbonyl (C=O) groups is 1. The zero-order valence-electron chi connectivity index (χ0n) is 17.8. The molecular formula is C21H28N4O5S. The Balaban J connectivity index is 1.45. The molecule has 4 rings (SSSR count). The van der Waals surface area contributed by atoms with E-state index in [0.29, 0.717) is 39.0 Å². The largest absolute Gasteiger partial charge is 0.497 e. The third-order valence-electron chi connectivity index (χ3n) is 6.06. The highest BCUT2D eigenvalue weighted by Crippen LogP contribution is 2.40. The molecule has 1 aromatic carbocycles. The van der Waals surface area contributed by atoms with Crippen LogP contribution in [0.3, 0.4) is 0 Å². The van der Waals surface area contributed by atoms with Crippen LogP contribution in [0.2, 0.25) is 0 Å².